The van der Waals surface area contributed by atoms with E-state index in [2.05, 4.69) is 240 Å². The van der Waals surface area contributed by atoms with Crippen molar-refractivity contribution in [3.8, 4) is 68.1 Å². The van der Waals surface area contributed by atoms with Gasteiger partial charge in [0.05, 0.1) is 22.5 Å². The van der Waals surface area contributed by atoms with Gasteiger partial charge in [-0.15, -0.1) is 0 Å². The molecule has 0 unspecified atom stereocenters. The smallest absolute Gasteiger partial charge is 0.256 e. The summed E-state index contributed by atoms with van der Waals surface area (Å²) in [7, 11) is 0. The van der Waals surface area contributed by atoms with Gasteiger partial charge in [-0.2, -0.15) is 10.5 Å². The molecular weight excluding hydrogens is 862 g/mol. The summed E-state index contributed by atoms with van der Waals surface area (Å²) < 4.78 is 7.16. The van der Waals surface area contributed by atoms with Crippen molar-refractivity contribution in [2.24, 2.45) is 0 Å². The third-order valence-corrected chi connectivity index (χ3v) is 14.6. The fourth-order valence-electron chi connectivity index (χ4n) is 10.4. The van der Waals surface area contributed by atoms with Crippen LogP contribution >= 0.6 is 0 Å². The highest BCUT2D eigenvalue weighted by Gasteiger charge is 2.45. The van der Waals surface area contributed by atoms with E-state index in [0.717, 1.165) is 78.0 Å². The van der Waals surface area contributed by atoms with E-state index >= 15 is 0 Å². The van der Waals surface area contributed by atoms with Crippen LogP contribution in [0.25, 0.3) is 44.5 Å². The number of benzene rings is 8. The monoisotopic (exact) mass is 923 g/mol. The summed E-state index contributed by atoms with van der Waals surface area (Å²) in [5.74, 6) is 1.19. The molecule has 2 heterocycles. The van der Waals surface area contributed by atoms with Gasteiger partial charge in [0.2, 0.25) is 0 Å². The maximum absolute atomic E-state index is 11.4. The van der Waals surface area contributed by atoms with Crippen molar-refractivity contribution in [3.63, 3.8) is 0 Å². The summed E-state index contributed by atoms with van der Waals surface area (Å²) in [5, 5.41) is 22.4. The minimum Gasteiger partial charge on any atom is -0.457 e. The SMILES string of the molecule is CC(C)(C)c1cc(-c2ccc3c(c2)Oc2c(C#N)cc(C#N)c4c2B3c2ccc(-c3cc(C(C)(C)C)cc(C(C)(C)C)c3)cc2N4c2c(-c3ccccc3)cccc2-c2ccccc2)cc(C(C)(C)C)c1. The topological polar surface area (TPSA) is 60.0 Å². The van der Waals surface area contributed by atoms with Gasteiger partial charge < -0.3 is 9.64 Å². The van der Waals surface area contributed by atoms with Crippen LogP contribution in [0.1, 0.15) is 116 Å². The summed E-state index contributed by atoms with van der Waals surface area (Å²) >= 11 is 0. The number of ether oxygens (including phenoxy) is 1. The third kappa shape index (κ3) is 8.42. The molecule has 350 valence electrons. The van der Waals surface area contributed by atoms with Gasteiger partial charge >= 0.3 is 0 Å². The highest BCUT2D eigenvalue weighted by molar-refractivity contribution is 6.99. The van der Waals surface area contributed by atoms with Crippen LogP contribution in [0.15, 0.2) is 158 Å². The molecule has 0 N–H and O–H groups in total. The number of hydrogen-bond acceptors (Lipinski definition) is 4. The summed E-state index contributed by atoms with van der Waals surface area (Å²) in [6.45, 7) is 26.9. The van der Waals surface area contributed by atoms with Crippen LogP contribution in [0.5, 0.6) is 11.5 Å². The van der Waals surface area contributed by atoms with Crippen molar-refractivity contribution < 1.29 is 4.74 Å². The van der Waals surface area contributed by atoms with Crippen LogP contribution < -0.4 is 26.0 Å². The van der Waals surface area contributed by atoms with Crippen molar-refractivity contribution in [1.82, 2.24) is 0 Å². The number of nitriles is 2. The predicted molar refractivity (Wildman–Crippen MR) is 298 cm³/mol. The van der Waals surface area contributed by atoms with Crippen LogP contribution in [-0.4, -0.2) is 6.71 Å². The molecule has 2 aliphatic heterocycles. The molecule has 71 heavy (non-hydrogen) atoms. The molecule has 0 aliphatic carbocycles. The van der Waals surface area contributed by atoms with Gasteiger partial charge in [-0.3, -0.25) is 0 Å². The molecule has 4 nitrogen and oxygen atoms in total. The molecule has 10 rings (SSSR count). The quantitative estimate of drug-likeness (QED) is 0.161. The fraction of sp³-hybridized carbons (Fsp3) is 0.242. The molecule has 2 aliphatic rings. The number of hydrogen-bond donors (Lipinski definition) is 0. The molecule has 0 aromatic heterocycles. The first-order valence-corrected chi connectivity index (χ1v) is 25.0. The Labute approximate surface area is 422 Å². The minimum absolute atomic E-state index is 0.0609. The summed E-state index contributed by atoms with van der Waals surface area (Å²) in [4.78, 5) is 2.32. The van der Waals surface area contributed by atoms with E-state index < -0.39 is 0 Å². The van der Waals surface area contributed by atoms with E-state index in [1.165, 1.54) is 22.3 Å². The lowest BCUT2D eigenvalue weighted by Gasteiger charge is -2.42. The highest BCUT2D eigenvalue weighted by atomic mass is 16.5. The first-order chi connectivity index (χ1) is 33.6. The van der Waals surface area contributed by atoms with Crippen LogP contribution in [0.4, 0.5) is 17.1 Å². The number of fused-ring (bicyclic) bond motifs is 4. The van der Waals surface area contributed by atoms with Crippen molar-refractivity contribution >= 4 is 40.2 Å². The lowest BCUT2D eigenvalue weighted by Crippen LogP contribution is -2.60. The van der Waals surface area contributed by atoms with Gasteiger partial charge in [-0.05, 0) is 112 Å². The Kier molecular flexibility index (Phi) is 11.3. The van der Waals surface area contributed by atoms with Crippen LogP contribution in [-0.2, 0) is 21.7 Å². The second-order valence-corrected chi connectivity index (χ2v) is 23.7. The minimum atomic E-state index is -0.361. The Balaban J connectivity index is 1.31. The largest absolute Gasteiger partial charge is 0.457 e. The molecule has 0 radical (unpaired) electrons. The van der Waals surface area contributed by atoms with Crippen molar-refractivity contribution in [1.29, 1.82) is 10.5 Å². The zero-order chi connectivity index (χ0) is 50.4. The van der Waals surface area contributed by atoms with E-state index in [0.29, 0.717) is 22.6 Å². The maximum atomic E-state index is 11.4. The number of anilines is 3. The van der Waals surface area contributed by atoms with E-state index in [4.69, 9.17) is 4.74 Å². The molecule has 0 fully saturated rings. The van der Waals surface area contributed by atoms with Crippen molar-refractivity contribution in [3.05, 3.63) is 191 Å². The Hall–Kier alpha value is -7.60. The molecule has 8 aromatic carbocycles. The fourth-order valence-corrected chi connectivity index (χ4v) is 10.4. The third-order valence-electron chi connectivity index (χ3n) is 14.6. The summed E-state index contributed by atoms with van der Waals surface area (Å²) in [6.07, 6.45) is 0. The Morgan fingerprint density at radius 1 is 0.408 bits per heavy atom. The van der Waals surface area contributed by atoms with Gasteiger partial charge in [0.1, 0.15) is 23.6 Å². The molecular formula is C66H62BN3O. The summed E-state index contributed by atoms with van der Waals surface area (Å²) in [6, 6.07) is 61.9. The average molecular weight is 924 g/mol. The van der Waals surface area contributed by atoms with E-state index in [1.54, 1.807) is 6.07 Å². The van der Waals surface area contributed by atoms with Crippen LogP contribution in [0, 0.1) is 22.7 Å². The zero-order valence-corrected chi connectivity index (χ0v) is 43.3. The molecule has 0 saturated heterocycles. The molecule has 0 amide bonds. The van der Waals surface area contributed by atoms with E-state index in [1.807, 2.05) is 12.1 Å². The molecule has 5 heteroatoms. The Morgan fingerprint density at radius 2 is 0.859 bits per heavy atom. The first kappa shape index (κ1) is 47.1. The summed E-state index contributed by atoms with van der Waals surface area (Å²) in [5.41, 5.74) is 19.6. The first-order valence-electron chi connectivity index (χ1n) is 25.0. The normalized spacial score (nSPS) is 13.1. The Morgan fingerprint density at radius 3 is 1.31 bits per heavy atom. The van der Waals surface area contributed by atoms with E-state index in [-0.39, 0.29) is 28.4 Å². The number of nitrogens with zero attached hydrogens (tertiary/aromatic N) is 3. The van der Waals surface area contributed by atoms with Gasteiger partial charge in [0, 0.05) is 16.8 Å². The lowest BCUT2D eigenvalue weighted by atomic mass is 9.33. The van der Waals surface area contributed by atoms with Crippen LogP contribution in [0.3, 0.4) is 0 Å². The lowest BCUT2D eigenvalue weighted by molar-refractivity contribution is 0.486. The molecule has 0 bridgehead atoms. The molecule has 0 saturated carbocycles. The second kappa shape index (κ2) is 17.1. The second-order valence-electron chi connectivity index (χ2n) is 23.7. The van der Waals surface area contributed by atoms with E-state index in [9.17, 15) is 10.5 Å². The molecule has 8 aromatic rings. The molecule has 0 atom stereocenters. The maximum Gasteiger partial charge on any atom is 0.256 e. The average Bonchev–Trinajstić information content (AvgIpc) is 3.35. The van der Waals surface area contributed by atoms with Crippen molar-refractivity contribution in [2.75, 3.05) is 4.90 Å². The van der Waals surface area contributed by atoms with Gasteiger partial charge in [0.25, 0.3) is 6.71 Å². The van der Waals surface area contributed by atoms with Crippen LogP contribution in [0.2, 0.25) is 0 Å². The van der Waals surface area contributed by atoms with Gasteiger partial charge in [0.15, 0.2) is 0 Å². The zero-order valence-electron chi connectivity index (χ0n) is 43.3. The molecule has 0 spiro atoms. The van der Waals surface area contributed by atoms with Crippen molar-refractivity contribution in [2.45, 2.75) is 105 Å². The van der Waals surface area contributed by atoms with Gasteiger partial charge in [-0.1, -0.05) is 223 Å². The Bertz CT molecular complexity index is 3390. The standard InChI is InChI=1S/C66H62BN3O/c1-63(2,3)49-31-45(32-50(37-49)64(4,5)6)43-26-28-55-57(35-43)70(61-53(41-20-15-13-16-21-41)24-19-25-54(61)42-22-17-14-18-23-42)60-47(39-68)30-48(40-69)62-59(60)67(55)56-29-27-44(36-58(56)71-62)46-33-51(65(7,8)9)38-52(34-46)66(10,11)12/h13-38H,1-12H3. The number of para-hydroxylation sites is 1. The predicted octanol–water partition coefficient (Wildman–Crippen LogP) is 15.7. The highest BCUT2D eigenvalue weighted by Crippen LogP contribution is 2.51. The number of rotatable bonds is 5. The van der Waals surface area contributed by atoms with Gasteiger partial charge in [-0.25, -0.2) is 0 Å².